The third-order valence-corrected chi connectivity index (χ3v) is 2.83. The summed E-state index contributed by atoms with van der Waals surface area (Å²) in [5, 5.41) is 3.39. The maximum Gasteiger partial charge on any atom is 0.130 e. The summed E-state index contributed by atoms with van der Waals surface area (Å²) in [7, 11) is 4.95. The van der Waals surface area contributed by atoms with Gasteiger partial charge >= 0.3 is 0 Å². The first kappa shape index (κ1) is 14.6. The average Bonchev–Trinajstić information content (AvgIpc) is 2.42. The zero-order valence-corrected chi connectivity index (χ0v) is 11.7. The molecule has 0 saturated carbocycles. The zero-order valence-electron chi connectivity index (χ0n) is 11.7. The molecule has 0 radical (unpaired) electrons. The Morgan fingerprint density at radius 2 is 1.61 bits per heavy atom. The summed E-state index contributed by atoms with van der Waals surface area (Å²) in [6.07, 6.45) is 2.35. The molecule has 0 aliphatic carbocycles. The van der Waals surface area contributed by atoms with Gasteiger partial charge in [-0.05, 0) is 13.0 Å². The molecule has 0 bridgehead atoms. The summed E-state index contributed by atoms with van der Waals surface area (Å²) in [5.74, 6) is 2.31. The number of rotatable bonds is 8. The molecule has 0 atom stereocenters. The molecule has 102 valence electrons. The summed E-state index contributed by atoms with van der Waals surface area (Å²) >= 11 is 0. The standard InChI is InChI=1S/C14H23NO3/c1-5-6-7-15-10-12-13(17-3)8-11(16-2)9-14(12)18-4/h8-9,15H,5-7,10H2,1-4H3. The second kappa shape index (κ2) is 7.82. The van der Waals surface area contributed by atoms with Crippen LogP contribution in [0.4, 0.5) is 0 Å². The second-order valence-corrected chi connectivity index (χ2v) is 4.04. The van der Waals surface area contributed by atoms with Gasteiger partial charge in [0.1, 0.15) is 17.2 Å². The van der Waals surface area contributed by atoms with E-state index in [-0.39, 0.29) is 0 Å². The van der Waals surface area contributed by atoms with Crippen LogP contribution in [0.25, 0.3) is 0 Å². The lowest BCUT2D eigenvalue weighted by molar-refractivity contribution is 0.366. The van der Waals surface area contributed by atoms with Crippen LogP contribution >= 0.6 is 0 Å². The van der Waals surface area contributed by atoms with Gasteiger partial charge in [-0.15, -0.1) is 0 Å². The molecule has 0 fully saturated rings. The largest absolute Gasteiger partial charge is 0.496 e. The minimum absolute atomic E-state index is 0.732. The van der Waals surface area contributed by atoms with Crippen LogP contribution in [0.2, 0.25) is 0 Å². The molecule has 0 aliphatic rings. The monoisotopic (exact) mass is 253 g/mol. The Balaban J connectivity index is 2.85. The van der Waals surface area contributed by atoms with Crippen molar-refractivity contribution >= 4 is 0 Å². The maximum atomic E-state index is 5.39. The van der Waals surface area contributed by atoms with E-state index in [4.69, 9.17) is 14.2 Å². The van der Waals surface area contributed by atoms with Crippen molar-refractivity contribution in [2.24, 2.45) is 0 Å². The fourth-order valence-corrected chi connectivity index (χ4v) is 1.77. The highest BCUT2D eigenvalue weighted by atomic mass is 16.5. The van der Waals surface area contributed by atoms with Gasteiger partial charge in [-0.25, -0.2) is 0 Å². The highest BCUT2D eigenvalue weighted by molar-refractivity contribution is 5.50. The number of ether oxygens (including phenoxy) is 3. The fraction of sp³-hybridized carbons (Fsp3) is 0.571. The summed E-state index contributed by atoms with van der Waals surface area (Å²) in [6.45, 7) is 3.90. The van der Waals surface area contributed by atoms with Crippen LogP contribution < -0.4 is 19.5 Å². The molecule has 1 aromatic rings. The van der Waals surface area contributed by atoms with E-state index in [2.05, 4.69) is 12.2 Å². The molecule has 0 amide bonds. The molecule has 0 heterocycles. The Labute approximate surface area is 109 Å². The lowest BCUT2D eigenvalue weighted by atomic mass is 10.1. The van der Waals surface area contributed by atoms with Crippen LogP contribution in [0, 0.1) is 0 Å². The third kappa shape index (κ3) is 3.81. The average molecular weight is 253 g/mol. The number of benzene rings is 1. The molecule has 1 N–H and O–H groups in total. The van der Waals surface area contributed by atoms with Crippen molar-refractivity contribution in [2.45, 2.75) is 26.3 Å². The Morgan fingerprint density at radius 3 is 2.06 bits per heavy atom. The van der Waals surface area contributed by atoms with E-state index in [1.807, 2.05) is 12.1 Å². The minimum Gasteiger partial charge on any atom is -0.496 e. The van der Waals surface area contributed by atoms with Crippen LogP contribution in [0.15, 0.2) is 12.1 Å². The number of methoxy groups -OCH3 is 3. The molecular formula is C14H23NO3. The van der Waals surface area contributed by atoms with E-state index in [9.17, 15) is 0 Å². The van der Waals surface area contributed by atoms with Crippen molar-refractivity contribution in [3.8, 4) is 17.2 Å². The van der Waals surface area contributed by atoms with Crippen molar-refractivity contribution in [3.63, 3.8) is 0 Å². The predicted octanol–water partition coefficient (Wildman–Crippen LogP) is 2.60. The molecule has 4 heteroatoms. The molecule has 0 unspecified atom stereocenters. The Bertz CT molecular complexity index is 341. The number of nitrogens with one attached hydrogen (secondary N) is 1. The summed E-state index contributed by atoms with van der Waals surface area (Å²) in [5.41, 5.74) is 1.02. The molecule has 18 heavy (non-hydrogen) atoms. The van der Waals surface area contributed by atoms with E-state index in [0.29, 0.717) is 0 Å². The van der Waals surface area contributed by atoms with Crippen LogP contribution in [0.1, 0.15) is 25.3 Å². The first-order chi connectivity index (χ1) is 8.76. The molecular weight excluding hydrogens is 230 g/mol. The zero-order chi connectivity index (χ0) is 13.4. The van der Waals surface area contributed by atoms with Gasteiger partial charge in [0.15, 0.2) is 0 Å². The summed E-state index contributed by atoms with van der Waals surface area (Å²) in [4.78, 5) is 0. The van der Waals surface area contributed by atoms with Gasteiger partial charge in [0.25, 0.3) is 0 Å². The SMILES string of the molecule is CCCCNCc1c(OC)cc(OC)cc1OC. The Hall–Kier alpha value is -1.42. The minimum atomic E-state index is 0.732. The normalized spacial score (nSPS) is 10.2. The van der Waals surface area contributed by atoms with E-state index in [1.165, 1.54) is 12.8 Å². The molecule has 0 spiro atoms. The van der Waals surface area contributed by atoms with E-state index in [1.54, 1.807) is 21.3 Å². The Morgan fingerprint density at radius 1 is 1.00 bits per heavy atom. The maximum absolute atomic E-state index is 5.39. The molecule has 0 saturated heterocycles. The molecule has 4 nitrogen and oxygen atoms in total. The highest BCUT2D eigenvalue weighted by Crippen LogP contribution is 2.33. The molecule has 1 rings (SSSR count). The van der Waals surface area contributed by atoms with E-state index in [0.717, 1.165) is 35.9 Å². The smallest absolute Gasteiger partial charge is 0.130 e. The predicted molar refractivity (Wildman–Crippen MR) is 72.7 cm³/mol. The van der Waals surface area contributed by atoms with Gasteiger partial charge in [-0.2, -0.15) is 0 Å². The van der Waals surface area contributed by atoms with Crippen molar-refractivity contribution in [2.75, 3.05) is 27.9 Å². The summed E-state index contributed by atoms with van der Waals surface area (Å²) < 4.78 is 16.0. The van der Waals surface area contributed by atoms with E-state index >= 15 is 0 Å². The van der Waals surface area contributed by atoms with Gasteiger partial charge in [-0.1, -0.05) is 13.3 Å². The van der Waals surface area contributed by atoms with Gasteiger partial charge in [0.05, 0.1) is 26.9 Å². The number of hydrogen-bond donors (Lipinski definition) is 1. The van der Waals surface area contributed by atoms with Crippen molar-refractivity contribution in [3.05, 3.63) is 17.7 Å². The fourth-order valence-electron chi connectivity index (χ4n) is 1.77. The van der Waals surface area contributed by atoms with Crippen molar-refractivity contribution in [1.82, 2.24) is 5.32 Å². The first-order valence-electron chi connectivity index (χ1n) is 6.26. The van der Waals surface area contributed by atoms with Crippen LogP contribution in [-0.2, 0) is 6.54 Å². The third-order valence-electron chi connectivity index (χ3n) is 2.83. The van der Waals surface area contributed by atoms with Gasteiger partial charge in [-0.3, -0.25) is 0 Å². The number of hydrogen-bond acceptors (Lipinski definition) is 4. The lowest BCUT2D eigenvalue weighted by Crippen LogP contribution is -2.15. The van der Waals surface area contributed by atoms with Gasteiger partial charge < -0.3 is 19.5 Å². The molecule has 0 aliphatic heterocycles. The van der Waals surface area contributed by atoms with Crippen LogP contribution in [0.3, 0.4) is 0 Å². The first-order valence-corrected chi connectivity index (χ1v) is 6.26. The van der Waals surface area contributed by atoms with Crippen molar-refractivity contribution in [1.29, 1.82) is 0 Å². The molecule has 1 aromatic carbocycles. The second-order valence-electron chi connectivity index (χ2n) is 4.04. The molecule has 0 aromatic heterocycles. The quantitative estimate of drug-likeness (QED) is 0.723. The van der Waals surface area contributed by atoms with Crippen LogP contribution in [-0.4, -0.2) is 27.9 Å². The van der Waals surface area contributed by atoms with E-state index < -0.39 is 0 Å². The van der Waals surface area contributed by atoms with Crippen LogP contribution in [0.5, 0.6) is 17.2 Å². The van der Waals surface area contributed by atoms with Gasteiger partial charge in [0, 0.05) is 18.7 Å². The van der Waals surface area contributed by atoms with Crippen molar-refractivity contribution < 1.29 is 14.2 Å². The summed E-state index contributed by atoms with van der Waals surface area (Å²) in [6, 6.07) is 3.75. The Kier molecular flexibility index (Phi) is 6.36. The number of unbranched alkanes of at least 4 members (excludes halogenated alkanes) is 1. The topological polar surface area (TPSA) is 39.7 Å². The highest BCUT2D eigenvalue weighted by Gasteiger charge is 2.12. The van der Waals surface area contributed by atoms with Gasteiger partial charge in [0.2, 0.25) is 0 Å². The lowest BCUT2D eigenvalue weighted by Gasteiger charge is -2.15.